The number of carbonyl (C=O) groups excluding carboxylic acids is 1. The fraction of sp³-hybridized carbons (Fsp3) is 0.500. The Kier molecular flexibility index (Phi) is 3.53. The molecule has 4 heteroatoms. The van der Waals surface area contributed by atoms with Crippen LogP contribution in [0.5, 0.6) is 5.75 Å². The summed E-state index contributed by atoms with van der Waals surface area (Å²) in [5.74, 6) is 0.583. The van der Waals surface area contributed by atoms with Crippen LogP contribution in [-0.4, -0.2) is 12.5 Å². The van der Waals surface area contributed by atoms with Gasteiger partial charge in [-0.25, -0.2) is 0 Å². The van der Waals surface area contributed by atoms with E-state index in [0.29, 0.717) is 11.4 Å². The summed E-state index contributed by atoms with van der Waals surface area (Å²) < 4.78 is 5.32. The van der Waals surface area contributed by atoms with Crippen molar-refractivity contribution in [3.63, 3.8) is 0 Å². The van der Waals surface area contributed by atoms with E-state index in [9.17, 15) is 4.79 Å². The summed E-state index contributed by atoms with van der Waals surface area (Å²) in [6, 6.07) is 5.72. The number of rotatable bonds is 2. The van der Waals surface area contributed by atoms with Crippen LogP contribution in [0, 0.1) is 5.41 Å². The minimum Gasteiger partial charge on any atom is -0.482 e. The third kappa shape index (κ3) is 3.16. The number of anilines is 1. The van der Waals surface area contributed by atoms with Gasteiger partial charge in [0.2, 0.25) is 0 Å². The van der Waals surface area contributed by atoms with Gasteiger partial charge in [-0.05, 0) is 29.5 Å². The van der Waals surface area contributed by atoms with E-state index in [-0.39, 0.29) is 23.3 Å². The number of halogens is 1. The van der Waals surface area contributed by atoms with Gasteiger partial charge in [0, 0.05) is 0 Å². The molecule has 1 aromatic rings. The lowest BCUT2D eigenvalue weighted by Gasteiger charge is -2.24. The molecule has 1 aliphatic rings. The summed E-state index contributed by atoms with van der Waals surface area (Å²) in [4.78, 5) is 11.3. The van der Waals surface area contributed by atoms with Gasteiger partial charge in [0.05, 0.1) is 11.1 Å². The van der Waals surface area contributed by atoms with Gasteiger partial charge in [-0.2, -0.15) is 0 Å². The summed E-state index contributed by atoms with van der Waals surface area (Å²) in [5, 5.41) is 2.73. The van der Waals surface area contributed by atoms with Crippen LogP contribution in [0.3, 0.4) is 0 Å². The summed E-state index contributed by atoms with van der Waals surface area (Å²) in [7, 11) is 0. The van der Waals surface area contributed by atoms with E-state index in [1.54, 1.807) is 0 Å². The SMILES string of the molecule is CC(C)(C)CC(Cl)c1ccc2c(c1)NC(=O)CO2. The van der Waals surface area contributed by atoms with Crippen molar-refractivity contribution in [2.45, 2.75) is 32.6 Å². The zero-order chi connectivity index (χ0) is 13.3. The standard InChI is InChI=1S/C14H18ClNO2/c1-14(2,3)7-10(15)9-4-5-12-11(6-9)16-13(17)8-18-12/h4-6,10H,7-8H2,1-3H3,(H,16,17). The third-order valence-electron chi connectivity index (χ3n) is 2.79. The highest BCUT2D eigenvalue weighted by Gasteiger charge is 2.21. The number of fused-ring (bicyclic) bond motifs is 1. The molecule has 1 N–H and O–H groups in total. The molecule has 98 valence electrons. The number of ether oxygens (including phenoxy) is 1. The van der Waals surface area contributed by atoms with Gasteiger partial charge in [-0.1, -0.05) is 26.8 Å². The molecular formula is C14H18ClNO2. The summed E-state index contributed by atoms with van der Waals surface area (Å²) in [6.07, 6.45) is 0.877. The Hall–Kier alpha value is -1.22. The molecule has 0 radical (unpaired) electrons. The van der Waals surface area contributed by atoms with E-state index in [1.807, 2.05) is 18.2 Å². The molecule has 0 aliphatic carbocycles. The normalized spacial score (nSPS) is 16.6. The first kappa shape index (κ1) is 13.2. The molecule has 0 fully saturated rings. The molecule has 0 aromatic heterocycles. The fourth-order valence-electron chi connectivity index (χ4n) is 1.95. The van der Waals surface area contributed by atoms with Crippen molar-refractivity contribution in [2.24, 2.45) is 5.41 Å². The van der Waals surface area contributed by atoms with Crippen molar-refractivity contribution >= 4 is 23.2 Å². The van der Waals surface area contributed by atoms with Gasteiger partial charge in [0.1, 0.15) is 5.75 Å². The number of alkyl halides is 1. The molecule has 0 saturated heterocycles. The van der Waals surface area contributed by atoms with Crippen LogP contribution in [0.25, 0.3) is 0 Å². The molecule has 1 aliphatic heterocycles. The van der Waals surface area contributed by atoms with Gasteiger partial charge in [-0.3, -0.25) is 4.79 Å². The second-order valence-corrected chi connectivity index (χ2v) is 6.35. The maximum Gasteiger partial charge on any atom is 0.262 e. The first-order valence-electron chi connectivity index (χ1n) is 6.06. The summed E-state index contributed by atoms with van der Waals surface area (Å²) >= 11 is 6.42. The number of hydrogen-bond donors (Lipinski definition) is 1. The van der Waals surface area contributed by atoms with Crippen molar-refractivity contribution in [1.82, 2.24) is 0 Å². The molecule has 1 amide bonds. The molecule has 0 bridgehead atoms. The lowest BCUT2D eigenvalue weighted by atomic mass is 9.88. The Morgan fingerprint density at radius 3 is 2.83 bits per heavy atom. The second kappa shape index (κ2) is 4.81. The fourth-order valence-corrected chi connectivity index (χ4v) is 2.55. The van der Waals surface area contributed by atoms with Crippen molar-refractivity contribution in [3.8, 4) is 5.75 Å². The van der Waals surface area contributed by atoms with Crippen LogP contribution in [0.15, 0.2) is 18.2 Å². The summed E-state index contributed by atoms with van der Waals surface area (Å²) in [6.45, 7) is 6.56. The maximum atomic E-state index is 11.3. The van der Waals surface area contributed by atoms with Gasteiger partial charge < -0.3 is 10.1 Å². The van der Waals surface area contributed by atoms with Crippen LogP contribution in [0.1, 0.15) is 38.1 Å². The number of amides is 1. The number of benzene rings is 1. The minimum atomic E-state index is -0.124. The Balaban J connectivity index is 2.20. The molecule has 1 heterocycles. The Morgan fingerprint density at radius 1 is 1.44 bits per heavy atom. The Labute approximate surface area is 112 Å². The zero-order valence-corrected chi connectivity index (χ0v) is 11.7. The average Bonchev–Trinajstić information content (AvgIpc) is 2.25. The van der Waals surface area contributed by atoms with Gasteiger partial charge >= 0.3 is 0 Å². The van der Waals surface area contributed by atoms with Crippen LogP contribution in [0.2, 0.25) is 0 Å². The van der Waals surface area contributed by atoms with Crippen LogP contribution < -0.4 is 10.1 Å². The largest absolute Gasteiger partial charge is 0.482 e. The van der Waals surface area contributed by atoms with Gasteiger partial charge in [-0.15, -0.1) is 11.6 Å². The molecule has 1 aromatic carbocycles. The molecule has 18 heavy (non-hydrogen) atoms. The predicted octanol–water partition coefficient (Wildman–Crippen LogP) is 3.73. The highest BCUT2D eigenvalue weighted by molar-refractivity contribution is 6.20. The van der Waals surface area contributed by atoms with E-state index < -0.39 is 0 Å². The second-order valence-electron chi connectivity index (χ2n) is 5.82. The monoisotopic (exact) mass is 267 g/mol. The van der Waals surface area contributed by atoms with E-state index in [1.165, 1.54) is 0 Å². The smallest absolute Gasteiger partial charge is 0.262 e. The van der Waals surface area contributed by atoms with Crippen LogP contribution in [0.4, 0.5) is 5.69 Å². The van der Waals surface area contributed by atoms with Gasteiger partial charge in [0.15, 0.2) is 6.61 Å². The zero-order valence-electron chi connectivity index (χ0n) is 10.9. The molecule has 0 spiro atoms. The van der Waals surface area contributed by atoms with E-state index >= 15 is 0 Å². The first-order chi connectivity index (χ1) is 8.35. The highest BCUT2D eigenvalue weighted by atomic mass is 35.5. The van der Waals surface area contributed by atoms with Crippen molar-refractivity contribution in [3.05, 3.63) is 23.8 Å². The quantitative estimate of drug-likeness (QED) is 0.829. The molecular weight excluding hydrogens is 250 g/mol. The number of hydrogen-bond acceptors (Lipinski definition) is 2. The lowest BCUT2D eigenvalue weighted by molar-refractivity contribution is -0.118. The predicted molar refractivity (Wildman–Crippen MR) is 73.2 cm³/mol. The van der Waals surface area contributed by atoms with E-state index in [4.69, 9.17) is 16.3 Å². The Morgan fingerprint density at radius 2 is 2.17 bits per heavy atom. The van der Waals surface area contributed by atoms with Crippen molar-refractivity contribution in [2.75, 3.05) is 11.9 Å². The van der Waals surface area contributed by atoms with Crippen LogP contribution in [-0.2, 0) is 4.79 Å². The van der Waals surface area contributed by atoms with E-state index in [2.05, 4.69) is 26.1 Å². The maximum absolute atomic E-state index is 11.3. The van der Waals surface area contributed by atoms with Crippen molar-refractivity contribution < 1.29 is 9.53 Å². The third-order valence-corrected chi connectivity index (χ3v) is 3.20. The van der Waals surface area contributed by atoms with E-state index in [0.717, 1.165) is 12.0 Å². The molecule has 1 atom stereocenters. The summed E-state index contributed by atoms with van der Waals surface area (Å²) in [5.41, 5.74) is 1.89. The number of carbonyl (C=O) groups is 1. The van der Waals surface area contributed by atoms with Gasteiger partial charge in [0.25, 0.3) is 5.91 Å². The first-order valence-corrected chi connectivity index (χ1v) is 6.49. The van der Waals surface area contributed by atoms with Crippen LogP contribution >= 0.6 is 11.6 Å². The highest BCUT2D eigenvalue weighted by Crippen LogP contribution is 2.37. The number of nitrogens with one attached hydrogen (secondary N) is 1. The Bertz CT molecular complexity index is 465. The topological polar surface area (TPSA) is 38.3 Å². The molecule has 1 unspecified atom stereocenters. The molecule has 2 rings (SSSR count). The van der Waals surface area contributed by atoms with Crippen molar-refractivity contribution in [1.29, 1.82) is 0 Å². The minimum absolute atomic E-state index is 0.0610. The molecule has 3 nitrogen and oxygen atoms in total. The average molecular weight is 268 g/mol. The molecule has 0 saturated carbocycles. The lowest BCUT2D eigenvalue weighted by Crippen LogP contribution is -2.25.